The van der Waals surface area contributed by atoms with Gasteiger partial charge in [-0.2, -0.15) is 16.8 Å². The highest BCUT2D eigenvalue weighted by molar-refractivity contribution is 7.87. The van der Waals surface area contributed by atoms with E-state index in [1.165, 1.54) is 18.2 Å². The summed E-state index contributed by atoms with van der Waals surface area (Å²) < 4.78 is 62.7. The summed E-state index contributed by atoms with van der Waals surface area (Å²) in [4.78, 5) is -0.488. The van der Waals surface area contributed by atoms with Gasteiger partial charge < -0.3 is 5.11 Å². The topological polar surface area (TPSA) is 141 Å². The van der Waals surface area contributed by atoms with Crippen LogP contribution in [0.4, 0.5) is 5.69 Å². The van der Waals surface area contributed by atoms with E-state index >= 15 is 0 Å². The predicted octanol–water partition coefficient (Wildman–Crippen LogP) is 1.01. The minimum absolute atomic E-state index is 0.0186. The molecule has 0 fully saturated rings. The molecule has 0 atom stereocenters. The van der Waals surface area contributed by atoms with Gasteiger partial charge in [0.25, 0.3) is 10.1 Å². The fourth-order valence-electron chi connectivity index (χ4n) is 1.67. The third-order valence-electron chi connectivity index (χ3n) is 2.45. The zero-order valence-electron chi connectivity index (χ0n) is 9.68. The van der Waals surface area contributed by atoms with Crippen molar-refractivity contribution in [2.45, 2.75) is 4.90 Å². The molecule has 0 aliphatic rings. The molecule has 0 radical (unpaired) electrons. The minimum atomic E-state index is -4.47. The van der Waals surface area contributed by atoms with Gasteiger partial charge in [-0.05, 0) is 23.6 Å². The highest BCUT2D eigenvalue weighted by Gasteiger charge is 2.14. The van der Waals surface area contributed by atoms with E-state index in [1.54, 1.807) is 4.72 Å². The quantitative estimate of drug-likeness (QED) is 0.618. The monoisotopic (exact) mass is 319 g/mol. The number of anilines is 1. The Hall–Kier alpha value is -1.88. The molecular weight excluding hydrogens is 310 g/mol. The van der Waals surface area contributed by atoms with Crippen molar-refractivity contribution in [2.75, 3.05) is 4.72 Å². The van der Waals surface area contributed by atoms with E-state index in [9.17, 15) is 21.9 Å². The number of phenolic OH excluding ortho intramolecular Hbond substituents is 1. The molecule has 0 aliphatic carbocycles. The standard InChI is InChI=1S/C10H9NO7S2/c12-10-5-8(19(13,14)15)3-6-1-2-7(4-9(6)10)11-20(16,17)18/h1-5,11-12H,(H,13,14,15)(H,16,17,18). The van der Waals surface area contributed by atoms with Gasteiger partial charge in [0.1, 0.15) is 5.75 Å². The number of fused-ring (bicyclic) bond motifs is 1. The highest BCUT2D eigenvalue weighted by Crippen LogP contribution is 2.30. The van der Waals surface area contributed by atoms with Crippen LogP contribution in [-0.2, 0) is 20.4 Å². The smallest absolute Gasteiger partial charge is 0.357 e. The Kier molecular flexibility index (Phi) is 3.34. The number of nitrogens with one attached hydrogen (secondary N) is 1. The third kappa shape index (κ3) is 3.17. The number of aromatic hydroxyl groups is 1. The maximum Gasteiger partial charge on any atom is 0.357 e. The molecule has 0 aromatic heterocycles. The van der Waals surface area contributed by atoms with Gasteiger partial charge in [0.05, 0.1) is 10.6 Å². The fourth-order valence-corrected chi connectivity index (χ4v) is 2.63. The van der Waals surface area contributed by atoms with Crippen molar-refractivity contribution in [1.82, 2.24) is 0 Å². The molecule has 4 N–H and O–H groups in total. The molecule has 2 aromatic carbocycles. The predicted molar refractivity (Wildman–Crippen MR) is 70.6 cm³/mol. The first kappa shape index (κ1) is 14.5. The van der Waals surface area contributed by atoms with Crippen LogP contribution in [0.3, 0.4) is 0 Å². The van der Waals surface area contributed by atoms with Crippen molar-refractivity contribution in [3.63, 3.8) is 0 Å². The lowest BCUT2D eigenvalue weighted by Gasteiger charge is -2.07. The van der Waals surface area contributed by atoms with Crippen LogP contribution >= 0.6 is 0 Å². The van der Waals surface area contributed by atoms with E-state index in [0.717, 1.165) is 12.1 Å². The molecule has 20 heavy (non-hydrogen) atoms. The maximum atomic E-state index is 11.0. The summed E-state index contributed by atoms with van der Waals surface area (Å²) >= 11 is 0. The van der Waals surface area contributed by atoms with E-state index in [4.69, 9.17) is 9.11 Å². The summed E-state index contributed by atoms with van der Waals surface area (Å²) in [6, 6.07) is 5.71. The summed E-state index contributed by atoms with van der Waals surface area (Å²) in [6.07, 6.45) is 0. The minimum Gasteiger partial charge on any atom is -0.507 e. The molecule has 0 bridgehead atoms. The molecule has 108 valence electrons. The highest BCUT2D eigenvalue weighted by atomic mass is 32.2. The van der Waals surface area contributed by atoms with Gasteiger partial charge in [0.15, 0.2) is 0 Å². The van der Waals surface area contributed by atoms with Gasteiger partial charge in [-0.15, -0.1) is 0 Å². The second-order valence-electron chi connectivity index (χ2n) is 3.93. The normalized spacial score (nSPS) is 12.5. The second kappa shape index (κ2) is 4.59. The molecule has 10 heteroatoms. The number of hydrogen-bond acceptors (Lipinski definition) is 5. The Morgan fingerprint density at radius 2 is 1.60 bits per heavy atom. The first-order valence-corrected chi connectivity index (χ1v) is 7.94. The van der Waals surface area contributed by atoms with Crippen LogP contribution < -0.4 is 4.72 Å². The van der Waals surface area contributed by atoms with E-state index in [-0.39, 0.29) is 16.5 Å². The van der Waals surface area contributed by atoms with Crippen molar-refractivity contribution in [1.29, 1.82) is 0 Å². The largest absolute Gasteiger partial charge is 0.507 e. The van der Waals surface area contributed by atoms with E-state index in [0.29, 0.717) is 0 Å². The summed E-state index contributed by atoms with van der Waals surface area (Å²) in [5.74, 6) is -0.464. The Morgan fingerprint density at radius 1 is 0.950 bits per heavy atom. The fraction of sp³-hybridized carbons (Fsp3) is 0. The van der Waals surface area contributed by atoms with Crippen LogP contribution in [-0.4, -0.2) is 31.0 Å². The van der Waals surface area contributed by atoms with Crippen LogP contribution in [0.25, 0.3) is 10.8 Å². The molecule has 0 saturated carbocycles. The first-order valence-electron chi connectivity index (χ1n) is 5.06. The van der Waals surface area contributed by atoms with Crippen LogP contribution in [0.5, 0.6) is 5.75 Å². The molecule has 0 spiro atoms. The molecule has 0 unspecified atom stereocenters. The average molecular weight is 319 g/mol. The second-order valence-corrected chi connectivity index (χ2v) is 6.51. The van der Waals surface area contributed by atoms with Gasteiger partial charge in [-0.25, -0.2) is 0 Å². The molecular formula is C10H9NO7S2. The molecule has 2 aromatic rings. The zero-order chi connectivity index (χ0) is 15.1. The molecule has 0 saturated heterocycles. The van der Waals surface area contributed by atoms with E-state index < -0.39 is 31.1 Å². The van der Waals surface area contributed by atoms with Crippen molar-refractivity contribution in [2.24, 2.45) is 0 Å². The summed E-state index contributed by atoms with van der Waals surface area (Å²) in [6.45, 7) is 0. The summed E-state index contributed by atoms with van der Waals surface area (Å²) in [7, 11) is -8.92. The van der Waals surface area contributed by atoms with E-state index in [1.807, 2.05) is 0 Å². The van der Waals surface area contributed by atoms with Gasteiger partial charge in [0, 0.05) is 11.5 Å². The van der Waals surface area contributed by atoms with Crippen molar-refractivity contribution in [3.8, 4) is 5.75 Å². The molecule has 2 rings (SSSR count). The van der Waals surface area contributed by atoms with Crippen LogP contribution in [0, 0.1) is 0 Å². The average Bonchev–Trinajstić information content (AvgIpc) is 2.26. The number of hydrogen-bond donors (Lipinski definition) is 4. The number of phenols is 1. The third-order valence-corrected chi connectivity index (χ3v) is 3.78. The van der Waals surface area contributed by atoms with E-state index in [2.05, 4.69) is 0 Å². The van der Waals surface area contributed by atoms with Gasteiger partial charge in [-0.1, -0.05) is 6.07 Å². The lowest BCUT2D eigenvalue weighted by Crippen LogP contribution is -2.10. The Labute approximate surface area is 114 Å². The van der Waals surface area contributed by atoms with Crippen molar-refractivity contribution in [3.05, 3.63) is 30.3 Å². The number of benzene rings is 2. The van der Waals surface area contributed by atoms with Gasteiger partial charge >= 0.3 is 10.3 Å². The maximum absolute atomic E-state index is 11.0. The SMILES string of the molecule is O=S(=O)(O)Nc1ccc2cc(S(=O)(=O)O)cc(O)c2c1. The molecule has 0 heterocycles. The molecule has 0 aliphatic heterocycles. The van der Waals surface area contributed by atoms with Gasteiger partial charge in [-0.3, -0.25) is 13.8 Å². The zero-order valence-corrected chi connectivity index (χ0v) is 11.3. The lowest BCUT2D eigenvalue weighted by molar-refractivity contribution is 0.471. The Morgan fingerprint density at radius 3 is 2.15 bits per heavy atom. The first-order chi connectivity index (χ1) is 9.06. The summed E-state index contributed by atoms with van der Waals surface area (Å²) in [5, 5.41) is 10.1. The van der Waals surface area contributed by atoms with Crippen LogP contribution in [0.15, 0.2) is 35.2 Å². The summed E-state index contributed by atoms with van der Waals surface area (Å²) in [5.41, 5.74) is -0.0186. The lowest BCUT2D eigenvalue weighted by atomic mass is 10.1. The van der Waals surface area contributed by atoms with Crippen molar-refractivity contribution < 1.29 is 31.0 Å². The van der Waals surface area contributed by atoms with Gasteiger partial charge in [0.2, 0.25) is 0 Å². The Balaban J connectivity index is 2.64. The molecule has 0 amide bonds. The van der Waals surface area contributed by atoms with Crippen molar-refractivity contribution >= 4 is 36.9 Å². The Bertz CT molecular complexity index is 887. The number of rotatable bonds is 3. The van der Waals surface area contributed by atoms with Crippen LogP contribution in [0.1, 0.15) is 0 Å². The van der Waals surface area contributed by atoms with Crippen LogP contribution in [0.2, 0.25) is 0 Å². The molecule has 8 nitrogen and oxygen atoms in total.